The fourth-order valence-electron chi connectivity index (χ4n) is 1.83. The summed E-state index contributed by atoms with van der Waals surface area (Å²) in [5.41, 5.74) is 0.514. The summed E-state index contributed by atoms with van der Waals surface area (Å²) in [6.45, 7) is 1.22. The van der Waals surface area contributed by atoms with Gasteiger partial charge >= 0.3 is 5.97 Å². The van der Waals surface area contributed by atoms with Crippen LogP contribution in [-0.4, -0.2) is 22.1 Å². The summed E-state index contributed by atoms with van der Waals surface area (Å²) in [6, 6.07) is 0. The number of cyclic esters (lactones) is 1. The van der Waals surface area contributed by atoms with E-state index in [1.807, 2.05) is 0 Å². The van der Waals surface area contributed by atoms with Crippen molar-refractivity contribution in [2.24, 2.45) is 18.9 Å². The highest BCUT2D eigenvalue weighted by molar-refractivity contribution is 5.74. The zero-order chi connectivity index (χ0) is 15.3. The average molecular weight is 226 g/mol. The molecule has 1 aromatic heterocycles. The van der Waals surface area contributed by atoms with Gasteiger partial charge in [0.05, 0.1) is 16.6 Å². The molecule has 0 aliphatic carbocycles. The van der Waals surface area contributed by atoms with Gasteiger partial charge in [-0.25, -0.2) is 4.98 Å². The minimum atomic E-state index is -2.19. The lowest BCUT2D eigenvalue weighted by atomic mass is 9.89. The first-order valence-electron chi connectivity index (χ1n) is 7.35. The number of rotatable bonds is 3. The molecule has 0 bridgehead atoms. The summed E-state index contributed by atoms with van der Waals surface area (Å²) in [5, 5.41) is 0. The van der Waals surface area contributed by atoms with Crippen LogP contribution in [0.25, 0.3) is 0 Å². The van der Waals surface area contributed by atoms with E-state index in [9.17, 15) is 4.79 Å². The van der Waals surface area contributed by atoms with E-state index < -0.39 is 24.3 Å². The first-order chi connectivity index (χ1) is 9.13. The van der Waals surface area contributed by atoms with Crippen molar-refractivity contribution in [2.75, 3.05) is 6.56 Å². The van der Waals surface area contributed by atoms with Gasteiger partial charge in [-0.05, 0) is 19.8 Å². The lowest BCUT2D eigenvalue weighted by Crippen LogP contribution is -2.18. The van der Waals surface area contributed by atoms with Crippen LogP contribution in [0.1, 0.15) is 30.3 Å². The minimum absolute atomic E-state index is 0.0543. The lowest BCUT2D eigenvalue weighted by Gasteiger charge is -2.13. The van der Waals surface area contributed by atoms with E-state index >= 15 is 0 Å². The molecule has 2 atom stereocenters. The smallest absolute Gasteiger partial charge is 0.309 e. The van der Waals surface area contributed by atoms with Crippen LogP contribution in [0, 0.1) is 18.7 Å². The highest BCUT2D eigenvalue weighted by Crippen LogP contribution is 2.28. The Bertz CT molecular complexity index is 558. The van der Waals surface area contributed by atoms with Crippen molar-refractivity contribution < 1.29 is 15.0 Å². The Morgan fingerprint density at radius 3 is 3.19 bits per heavy atom. The average Bonchev–Trinajstić information content (AvgIpc) is 2.68. The number of aryl methyl sites for hydroxylation is 1. The van der Waals surface area contributed by atoms with E-state index in [0.29, 0.717) is 11.5 Å². The largest absolute Gasteiger partial charge is 0.465 e. The second kappa shape index (κ2) is 4.28. The van der Waals surface area contributed by atoms with Crippen LogP contribution in [0.3, 0.4) is 0 Å². The van der Waals surface area contributed by atoms with E-state index in [1.165, 1.54) is 0 Å². The van der Waals surface area contributed by atoms with Crippen LogP contribution in [-0.2, 0) is 23.0 Å². The van der Waals surface area contributed by atoms with Crippen LogP contribution in [0.4, 0.5) is 0 Å². The topological polar surface area (TPSA) is 44.1 Å². The molecule has 0 N–H and O–H groups in total. The molecule has 0 saturated carbocycles. The number of imidazole rings is 1. The molecule has 4 heteroatoms. The molecular weight excluding hydrogens is 204 g/mol. The molecule has 0 unspecified atom stereocenters. The van der Waals surface area contributed by atoms with E-state index in [0.717, 1.165) is 0 Å². The van der Waals surface area contributed by atoms with Crippen LogP contribution in [0.15, 0.2) is 6.17 Å². The molecule has 1 aliphatic heterocycles. The molecule has 0 spiro atoms. The first kappa shape index (κ1) is 7.09. The predicted molar refractivity (Wildman–Crippen MR) is 59.9 cm³/mol. The van der Waals surface area contributed by atoms with Crippen LogP contribution >= 0.6 is 0 Å². The molecule has 2 rings (SSSR count). The number of carbonyl (C=O) groups excluding carboxylic acids is 1. The SMILES string of the molecule is [2H]c1nc(C)n(C)c1C[C@H]1C([2H])([2H])OC(=O)[C@@]1([2H])CC. The lowest BCUT2D eigenvalue weighted by molar-refractivity contribution is -0.141. The number of hydrogen-bond acceptors (Lipinski definition) is 3. The highest BCUT2D eigenvalue weighted by atomic mass is 16.5. The quantitative estimate of drug-likeness (QED) is 0.733. The Labute approximate surface area is 101 Å². The fourth-order valence-corrected chi connectivity index (χ4v) is 1.83. The van der Waals surface area contributed by atoms with E-state index in [-0.39, 0.29) is 19.0 Å². The Morgan fingerprint density at radius 1 is 1.88 bits per heavy atom. The summed E-state index contributed by atoms with van der Waals surface area (Å²) in [6.07, 6.45) is 0.297. The molecule has 0 aromatic carbocycles. The van der Waals surface area contributed by atoms with Gasteiger partial charge in [-0.2, -0.15) is 0 Å². The maximum absolute atomic E-state index is 11.8. The van der Waals surface area contributed by atoms with Crippen molar-refractivity contribution >= 4 is 5.97 Å². The molecule has 1 fully saturated rings. The Balaban J connectivity index is 2.42. The fraction of sp³-hybridized carbons (Fsp3) is 0.667. The summed E-state index contributed by atoms with van der Waals surface area (Å²) in [7, 11) is 1.74. The Kier molecular flexibility index (Phi) is 1.90. The molecule has 0 amide bonds. The molecule has 4 nitrogen and oxygen atoms in total. The van der Waals surface area contributed by atoms with Gasteiger partial charge in [0, 0.05) is 26.2 Å². The summed E-state index contributed by atoms with van der Waals surface area (Å²) < 4.78 is 38.2. The van der Waals surface area contributed by atoms with Gasteiger partial charge in [-0.3, -0.25) is 4.79 Å². The van der Waals surface area contributed by atoms with Crippen LogP contribution < -0.4 is 0 Å². The molecule has 1 aliphatic rings. The van der Waals surface area contributed by atoms with Gasteiger partial charge in [0.15, 0.2) is 0 Å². The van der Waals surface area contributed by atoms with Crippen molar-refractivity contribution in [1.29, 1.82) is 0 Å². The third-order valence-electron chi connectivity index (χ3n) is 2.99. The van der Waals surface area contributed by atoms with Crippen molar-refractivity contribution in [3.8, 4) is 0 Å². The molecule has 1 aromatic rings. The third-order valence-corrected chi connectivity index (χ3v) is 2.99. The van der Waals surface area contributed by atoms with Crippen LogP contribution in [0.5, 0.6) is 0 Å². The van der Waals surface area contributed by atoms with Gasteiger partial charge in [0.1, 0.15) is 5.82 Å². The Hall–Kier alpha value is -1.32. The van der Waals surface area contributed by atoms with Crippen molar-refractivity contribution in [3.63, 3.8) is 0 Å². The van der Waals surface area contributed by atoms with Gasteiger partial charge in [0.2, 0.25) is 0 Å². The highest BCUT2D eigenvalue weighted by Gasteiger charge is 2.35. The zero-order valence-electron chi connectivity index (χ0n) is 13.7. The molecule has 0 radical (unpaired) electrons. The monoisotopic (exact) mass is 226 g/mol. The van der Waals surface area contributed by atoms with E-state index in [1.54, 1.807) is 25.5 Å². The molecule has 2 heterocycles. The minimum Gasteiger partial charge on any atom is -0.465 e. The molecule has 88 valence electrons. The van der Waals surface area contributed by atoms with Crippen molar-refractivity contribution in [1.82, 2.24) is 9.55 Å². The van der Waals surface area contributed by atoms with Crippen molar-refractivity contribution in [3.05, 3.63) is 17.7 Å². The van der Waals surface area contributed by atoms with Crippen molar-refractivity contribution in [2.45, 2.75) is 26.7 Å². The molecule has 16 heavy (non-hydrogen) atoms. The third kappa shape index (κ3) is 1.84. The van der Waals surface area contributed by atoms with Gasteiger partial charge in [-0.15, -0.1) is 0 Å². The zero-order valence-corrected chi connectivity index (χ0v) is 9.70. The second-order valence-electron chi connectivity index (χ2n) is 3.92. The predicted octanol–water partition coefficient (Wildman–Crippen LogP) is 1.47. The number of hydrogen-bond donors (Lipinski definition) is 0. The van der Waals surface area contributed by atoms with Crippen LogP contribution in [0.2, 0.25) is 0 Å². The van der Waals surface area contributed by atoms with Gasteiger partial charge < -0.3 is 9.30 Å². The van der Waals surface area contributed by atoms with E-state index in [2.05, 4.69) is 4.98 Å². The number of aromatic nitrogens is 2. The normalized spacial score (nSPS) is 36.2. The van der Waals surface area contributed by atoms with Gasteiger partial charge in [0.25, 0.3) is 0 Å². The number of ether oxygens (including phenoxy) is 1. The van der Waals surface area contributed by atoms with E-state index in [4.69, 9.17) is 10.2 Å². The number of nitrogens with zero attached hydrogens (tertiary/aromatic N) is 2. The summed E-state index contributed by atoms with van der Waals surface area (Å²) in [5.74, 6) is -2.76. The summed E-state index contributed by atoms with van der Waals surface area (Å²) in [4.78, 5) is 15.8. The first-order valence-corrected chi connectivity index (χ1v) is 5.35. The number of carbonyl (C=O) groups is 1. The second-order valence-corrected chi connectivity index (χ2v) is 3.92. The Morgan fingerprint density at radius 2 is 2.62 bits per heavy atom. The molecule has 1 saturated heterocycles. The maximum atomic E-state index is 11.8. The number of esters is 1. The summed E-state index contributed by atoms with van der Waals surface area (Å²) >= 11 is 0. The molecular formula is C12H18N2O2. The van der Waals surface area contributed by atoms with Gasteiger partial charge in [-0.1, -0.05) is 6.92 Å². The standard InChI is InChI=1S/C12H18N2O2/c1-4-11-9(7-16-12(11)15)5-10-6-13-8(2)14(10)3/h6,9,11H,4-5,7H2,1-3H3/t9-,11-/m0/s1/i6D,7D2,11D. The maximum Gasteiger partial charge on any atom is 0.309 e.